The molecule has 2 aromatic rings. The first-order chi connectivity index (χ1) is 13.7. The molecule has 28 heavy (non-hydrogen) atoms. The van der Waals surface area contributed by atoms with Crippen LogP contribution >= 0.6 is 0 Å². The van der Waals surface area contributed by atoms with Crippen molar-refractivity contribution in [3.8, 4) is 5.69 Å². The zero-order valence-electron chi connectivity index (χ0n) is 16.2. The van der Waals surface area contributed by atoms with E-state index in [-0.39, 0.29) is 11.9 Å². The van der Waals surface area contributed by atoms with E-state index >= 15 is 0 Å². The van der Waals surface area contributed by atoms with Crippen LogP contribution in [-0.2, 0) is 11.2 Å². The largest absolute Gasteiger partial charge is 0.339 e. The van der Waals surface area contributed by atoms with Gasteiger partial charge in [0.15, 0.2) is 0 Å². The number of piperazine rings is 1. The van der Waals surface area contributed by atoms with Gasteiger partial charge in [-0.15, -0.1) is 0 Å². The zero-order chi connectivity index (χ0) is 19.3. The maximum absolute atomic E-state index is 12.7. The average Bonchev–Trinajstić information content (AvgIpc) is 3.23. The van der Waals surface area contributed by atoms with Crippen LogP contribution < -0.4 is 0 Å². The zero-order valence-corrected chi connectivity index (χ0v) is 16.2. The van der Waals surface area contributed by atoms with Crippen LogP contribution in [0.5, 0.6) is 0 Å². The fraction of sp³-hybridized carbons (Fsp3) is 0.476. The van der Waals surface area contributed by atoms with E-state index in [0.717, 1.165) is 37.2 Å². The van der Waals surface area contributed by atoms with Crippen molar-refractivity contribution < 1.29 is 9.59 Å². The molecule has 7 nitrogen and oxygen atoms in total. The lowest BCUT2D eigenvalue weighted by Crippen LogP contribution is -2.54. The molecule has 0 bridgehead atoms. The molecular formula is C21H27N5O2. The minimum atomic E-state index is 0.0951. The summed E-state index contributed by atoms with van der Waals surface area (Å²) in [5.41, 5.74) is 1.88. The highest BCUT2D eigenvalue weighted by molar-refractivity contribution is 5.79. The predicted octanol–water partition coefficient (Wildman–Crippen LogP) is 2.16. The van der Waals surface area contributed by atoms with Crippen LogP contribution in [0.3, 0.4) is 0 Å². The topological polar surface area (TPSA) is 61.7 Å². The van der Waals surface area contributed by atoms with Gasteiger partial charge >= 0.3 is 6.03 Å². The molecule has 0 spiro atoms. The van der Waals surface area contributed by atoms with E-state index in [1.54, 1.807) is 10.9 Å². The molecule has 0 N–H and O–H groups in total. The highest BCUT2D eigenvalue weighted by Crippen LogP contribution is 2.14. The second-order valence-electron chi connectivity index (χ2n) is 7.50. The number of hydrogen-bond acceptors (Lipinski definition) is 3. The Morgan fingerprint density at radius 1 is 0.821 bits per heavy atom. The molecule has 2 aliphatic rings. The van der Waals surface area contributed by atoms with Gasteiger partial charge in [0.2, 0.25) is 5.91 Å². The maximum Gasteiger partial charge on any atom is 0.320 e. The molecule has 0 radical (unpaired) electrons. The first-order valence-corrected chi connectivity index (χ1v) is 10.1. The van der Waals surface area contributed by atoms with Crippen molar-refractivity contribution in [2.75, 3.05) is 39.3 Å². The molecule has 1 aromatic heterocycles. The molecule has 3 amide bonds. The Balaban J connectivity index is 1.28. The molecule has 2 aliphatic heterocycles. The predicted molar refractivity (Wildman–Crippen MR) is 106 cm³/mol. The van der Waals surface area contributed by atoms with Gasteiger partial charge in [-0.2, -0.15) is 5.10 Å². The number of piperidine rings is 1. The first-order valence-electron chi connectivity index (χ1n) is 10.1. The van der Waals surface area contributed by atoms with Crippen LogP contribution in [0.1, 0.15) is 24.8 Å². The van der Waals surface area contributed by atoms with E-state index < -0.39 is 0 Å². The van der Waals surface area contributed by atoms with E-state index in [9.17, 15) is 9.59 Å². The van der Waals surface area contributed by atoms with Crippen molar-refractivity contribution in [1.82, 2.24) is 24.5 Å². The van der Waals surface area contributed by atoms with Gasteiger partial charge < -0.3 is 14.7 Å². The monoisotopic (exact) mass is 381 g/mol. The summed E-state index contributed by atoms with van der Waals surface area (Å²) in [7, 11) is 0. The number of nitrogens with zero attached hydrogens (tertiary/aromatic N) is 5. The third kappa shape index (κ3) is 4.18. The van der Waals surface area contributed by atoms with Gasteiger partial charge in [-0.1, -0.05) is 18.2 Å². The van der Waals surface area contributed by atoms with Crippen LogP contribution in [0.4, 0.5) is 4.79 Å². The molecule has 1 aromatic carbocycles. The van der Waals surface area contributed by atoms with Gasteiger partial charge in [-0.3, -0.25) is 4.79 Å². The molecule has 3 heterocycles. The molecule has 148 valence electrons. The Morgan fingerprint density at radius 2 is 1.46 bits per heavy atom. The van der Waals surface area contributed by atoms with Crippen molar-refractivity contribution >= 4 is 11.9 Å². The normalized spacial score (nSPS) is 17.6. The quantitative estimate of drug-likeness (QED) is 0.819. The van der Waals surface area contributed by atoms with E-state index in [1.807, 2.05) is 51.2 Å². The summed E-state index contributed by atoms with van der Waals surface area (Å²) in [5, 5.41) is 4.36. The minimum Gasteiger partial charge on any atom is -0.339 e. The van der Waals surface area contributed by atoms with Gasteiger partial charge in [0.05, 0.1) is 18.3 Å². The Bertz CT molecular complexity index is 805. The number of aromatic nitrogens is 2. The van der Waals surface area contributed by atoms with E-state index in [1.165, 1.54) is 6.42 Å². The molecule has 0 aliphatic carbocycles. The number of amides is 3. The molecule has 2 saturated heterocycles. The number of carbonyl (C=O) groups is 2. The van der Waals surface area contributed by atoms with Crippen molar-refractivity contribution in [3.05, 3.63) is 48.3 Å². The molecule has 0 saturated carbocycles. The summed E-state index contributed by atoms with van der Waals surface area (Å²) >= 11 is 0. The van der Waals surface area contributed by atoms with Gasteiger partial charge in [0.25, 0.3) is 0 Å². The van der Waals surface area contributed by atoms with Gasteiger partial charge in [0.1, 0.15) is 0 Å². The van der Waals surface area contributed by atoms with Crippen LogP contribution in [0.2, 0.25) is 0 Å². The lowest BCUT2D eigenvalue weighted by Gasteiger charge is -2.38. The number of likely N-dealkylation sites (tertiary alicyclic amines) is 1. The van der Waals surface area contributed by atoms with Crippen LogP contribution in [0, 0.1) is 0 Å². The highest BCUT2D eigenvalue weighted by Gasteiger charge is 2.27. The minimum absolute atomic E-state index is 0.0951. The van der Waals surface area contributed by atoms with E-state index in [2.05, 4.69) is 5.10 Å². The van der Waals surface area contributed by atoms with E-state index in [0.29, 0.717) is 32.6 Å². The lowest BCUT2D eigenvalue weighted by molar-refractivity contribution is -0.131. The summed E-state index contributed by atoms with van der Waals surface area (Å²) in [4.78, 5) is 31.0. The molecule has 2 fully saturated rings. The molecule has 4 rings (SSSR count). The Hall–Kier alpha value is -2.83. The Morgan fingerprint density at radius 3 is 2.18 bits per heavy atom. The third-order valence-electron chi connectivity index (χ3n) is 5.54. The molecule has 0 unspecified atom stereocenters. The second kappa shape index (κ2) is 8.46. The van der Waals surface area contributed by atoms with Crippen molar-refractivity contribution in [3.63, 3.8) is 0 Å². The van der Waals surface area contributed by atoms with Gasteiger partial charge in [-0.05, 0) is 37.0 Å². The number of benzene rings is 1. The number of rotatable bonds is 3. The van der Waals surface area contributed by atoms with Crippen LogP contribution in [0.15, 0.2) is 42.7 Å². The van der Waals surface area contributed by atoms with Crippen molar-refractivity contribution in [1.29, 1.82) is 0 Å². The Kier molecular flexibility index (Phi) is 5.60. The fourth-order valence-corrected chi connectivity index (χ4v) is 3.89. The highest BCUT2D eigenvalue weighted by atomic mass is 16.2. The molecule has 7 heteroatoms. The van der Waals surface area contributed by atoms with Gasteiger partial charge in [0, 0.05) is 45.5 Å². The average molecular weight is 381 g/mol. The number of urea groups is 1. The number of carbonyl (C=O) groups excluding carboxylic acids is 2. The van der Waals surface area contributed by atoms with Crippen molar-refractivity contribution in [2.24, 2.45) is 0 Å². The first kappa shape index (κ1) is 18.5. The SMILES string of the molecule is O=C(Cc1cnn(-c2ccccc2)c1)N1CCN(C(=O)N2CCCCC2)CC1. The third-order valence-corrected chi connectivity index (χ3v) is 5.54. The van der Waals surface area contributed by atoms with Crippen LogP contribution in [0.25, 0.3) is 5.69 Å². The lowest BCUT2D eigenvalue weighted by atomic mass is 10.1. The Labute approximate surface area is 165 Å². The van der Waals surface area contributed by atoms with Gasteiger partial charge in [-0.25, -0.2) is 9.48 Å². The van der Waals surface area contributed by atoms with Crippen molar-refractivity contribution in [2.45, 2.75) is 25.7 Å². The molecular weight excluding hydrogens is 354 g/mol. The number of para-hydroxylation sites is 1. The summed E-state index contributed by atoms with van der Waals surface area (Å²) < 4.78 is 1.79. The maximum atomic E-state index is 12.7. The molecule has 0 atom stereocenters. The summed E-state index contributed by atoms with van der Waals surface area (Å²) in [6, 6.07) is 10.00. The smallest absolute Gasteiger partial charge is 0.320 e. The second-order valence-corrected chi connectivity index (χ2v) is 7.50. The summed E-state index contributed by atoms with van der Waals surface area (Å²) in [6.07, 6.45) is 7.41. The van der Waals surface area contributed by atoms with E-state index in [4.69, 9.17) is 0 Å². The standard InChI is InChI=1S/C21H27N5O2/c27-20(15-18-16-22-26(17-18)19-7-3-1-4-8-19)23-11-13-25(14-12-23)21(28)24-9-5-2-6-10-24/h1,3-4,7-8,16-17H,2,5-6,9-15H2. The fourth-order valence-electron chi connectivity index (χ4n) is 3.89. The number of hydrogen-bond donors (Lipinski definition) is 0. The summed E-state index contributed by atoms with van der Waals surface area (Å²) in [5.74, 6) is 0.0951. The van der Waals surface area contributed by atoms with Crippen LogP contribution in [-0.4, -0.2) is 75.7 Å². The summed E-state index contributed by atoms with van der Waals surface area (Å²) in [6.45, 7) is 4.16.